The molecule has 0 aromatic rings. The molecule has 0 aromatic carbocycles. The molecule has 0 radical (unpaired) electrons. The Morgan fingerprint density at radius 1 is 1.39 bits per heavy atom. The smallest absolute Gasteiger partial charge is 0.338 e. The van der Waals surface area contributed by atoms with Crippen LogP contribution >= 0.6 is 0 Å². The van der Waals surface area contributed by atoms with Crippen LogP contribution in [0.4, 0.5) is 0 Å². The quantitative estimate of drug-likeness (QED) is 0.540. The maximum Gasteiger partial charge on any atom is 0.338 e. The lowest BCUT2D eigenvalue weighted by Crippen LogP contribution is -2.38. The van der Waals surface area contributed by atoms with Crippen molar-refractivity contribution in [2.45, 2.75) is 51.1 Å². The first-order chi connectivity index (χ1) is 8.54. The van der Waals surface area contributed by atoms with Crippen molar-refractivity contribution in [2.24, 2.45) is 5.92 Å². The summed E-state index contributed by atoms with van der Waals surface area (Å²) in [5.41, 5.74) is 0. The Balaban J connectivity index is 2.62. The minimum absolute atomic E-state index is 0.382. The third kappa shape index (κ3) is 3.31. The van der Waals surface area contributed by atoms with Crippen LogP contribution in [0, 0.1) is 5.92 Å². The molecule has 1 aliphatic rings. The Morgan fingerprint density at radius 2 is 2.00 bits per heavy atom. The molecule has 2 N–H and O–H groups in total. The Bertz CT molecular complexity index is 298. The molecular formula is C13H22O5. The number of methoxy groups -OCH3 is 1. The topological polar surface area (TPSA) is 76.0 Å². The van der Waals surface area contributed by atoms with Crippen LogP contribution in [0.1, 0.15) is 26.7 Å². The van der Waals surface area contributed by atoms with Crippen molar-refractivity contribution in [3.05, 3.63) is 12.2 Å². The maximum absolute atomic E-state index is 11.3. The fourth-order valence-corrected chi connectivity index (χ4v) is 2.03. The highest BCUT2D eigenvalue weighted by Gasteiger charge is 2.46. The molecule has 5 nitrogen and oxygen atoms in total. The van der Waals surface area contributed by atoms with Crippen molar-refractivity contribution in [1.29, 1.82) is 0 Å². The number of esters is 1. The van der Waals surface area contributed by atoms with Crippen LogP contribution in [0.25, 0.3) is 0 Å². The highest BCUT2D eigenvalue weighted by Crippen LogP contribution is 2.22. The molecule has 0 saturated carbocycles. The van der Waals surface area contributed by atoms with Crippen LogP contribution in [0.3, 0.4) is 0 Å². The van der Waals surface area contributed by atoms with Crippen LogP contribution < -0.4 is 0 Å². The minimum atomic E-state index is -1.14. The van der Waals surface area contributed by atoms with Gasteiger partial charge in [0.2, 0.25) is 0 Å². The fourth-order valence-electron chi connectivity index (χ4n) is 2.03. The average Bonchev–Trinajstić information content (AvgIpc) is 2.65. The molecule has 1 fully saturated rings. The van der Waals surface area contributed by atoms with E-state index < -0.39 is 30.4 Å². The first kappa shape index (κ1) is 15.1. The number of rotatable bonds is 6. The largest absolute Gasteiger partial charge is 0.454 e. The molecule has 1 saturated heterocycles. The lowest BCUT2D eigenvalue weighted by atomic mass is 10.00. The molecule has 104 valence electrons. The normalized spacial score (nSPS) is 30.1. The van der Waals surface area contributed by atoms with Gasteiger partial charge in [0, 0.05) is 7.11 Å². The third-order valence-electron chi connectivity index (χ3n) is 3.35. The Labute approximate surface area is 107 Å². The second kappa shape index (κ2) is 6.87. The fraction of sp³-hybridized carbons (Fsp3) is 0.769. The van der Waals surface area contributed by atoms with E-state index in [-0.39, 0.29) is 0 Å². The number of hydrogen-bond acceptors (Lipinski definition) is 5. The summed E-state index contributed by atoms with van der Waals surface area (Å²) in [6.07, 6.45) is 1.33. The summed E-state index contributed by atoms with van der Waals surface area (Å²) < 4.78 is 9.75. The van der Waals surface area contributed by atoms with Gasteiger partial charge in [-0.2, -0.15) is 0 Å². The molecule has 1 rings (SSSR count). The van der Waals surface area contributed by atoms with E-state index in [1.165, 1.54) is 7.11 Å². The van der Waals surface area contributed by atoms with E-state index in [4.69, 9.17) is 9.47 Å². The maximum atomic E-state index is 11.3. The molecule has 0 aliphatic carbocycles. The van der Waals surface area contributed by atoms with Gasteiger partial charge in [0.25, 0.3) is 0 Å². The number of hydrogen-bond donors (Lipinski definition) is 2. The van der Waals surface area contributed by atoms with E-state index in [0.717, 1.165) is 12.8 Å². The van der Waals surface area contributed by atoms with Crippen molar-refractivity contribution < 1.29 is 24.5 Å². The molecule has 1 aliphatic heterocycles. The summed E-state index contributed by atoms with van der Waals surface area (Å²) in [6, 6.07) is 0. The molecule has 1 heterocycles. The number of cyclic esters (lactones) is 1. The molecule has 0 spiro atoms. The van der Waals surface area contributed by atoms with E-state index in [9.17, 15) is 15.0 Å². The van der Waals surface area contributed by atoms with Gasteiger partial charge in [-0.1, -0.05) is 26.0 Å². The predicted octanol–water partition coefficient (Wildman–Crippen LogP) is 0.641. The molecule has 1 unspecified atom stereocenters. The third-order valence-corrected chi connectivity index (χ3v) is 3.35. The molecule has 5 heteroatoms. The van der Waals surface area contributed by atoms with E-state index in [1.807, 2.05) is 6.08 Å². The first-order valence-electron chi connectivity index (χ1n) is 6.32. The molecular weight excluding hydrogens is 236 g/mol. The lowest BCUT2D eigenvalue weighted by molar-refractivity contribution is -0.150. The standard InChI is InChI=1S/C13H22O5/c1-4-8(5-2)6-7-9(14)11-10(15)12(17-3)13(16)18-11/h6-12,14-15H,4-5H2,1-3H3/t9-,10-,11?,12-/m1/s1. The highest BCUT2D eigenvalue weighted by atomic mass is 16.6. The number of carbonyl (C=O) groups is 1. The monoisotopic (exact) mass is 258 g/mol. The van der Waals surface area contributed by atoms with Crippen LogP contribution in [0.5, 0.6) is 0 Å². The van der Waals surface area contributed by atoms with Gasteiger partial charge < -0.3 is 19.7 Å². The lowest BCUT2D eigenvalue weighted by Gasteiger charge is -2.18. The van der Waals surface area contributed by atoms with Crippen LogP contribution in [0.15, 0.2) is 12.2 Å². The summed E-state index contributed by atoms with van der Waals surface area (Å²) >= 11 is 0. The predicted molar refractivity (Wildman–Crippen MR) is 65.9 cm³/mol. The number of aliphatic hydroxyl groups excluding tert-OH is 2. The van der Waals surface area contributed by atoms with Crippen LogP contribution in [-0.4, -0.2) is 47.7 Å². The summed E-state index contributed by atoms with van der Waals surface area (Å²) in [6.45, 7) is 4.13. The van der Waals surface area contributed by atoms with Crippen molar-refractivity contribution in [3.8, 4) is 0 Å². The summed E-state index contributed by atoms with van der Waals surface area (Å²) in [5, 5.41) is 19.7. The number of carbonyl (C=O) groups excluding carboxylic acids is 1. The summed E-state index contributed by atoms with van der Waals surface area (Å²) in [4.78, 5) is 11.3. The average molecular weight is 258 g/mol. The second-order valence-electron chi connectivity index (χ2n) is 4.50. The van der Waals surface area contributed by atoms with E-state index in [2.05, 4.69) is 13.8 Å². The van der Waals surface area contributed by atoms with E-state index in [1.54, 1.807) is 6.08 Å². The van der Waals surface area contributed by atoms with Crippen molar-refractivity contribution in [1.82, 2.24) is 0 Å². The van der Waals surface area contributed by atoms with E-state index >= 15 is 0 Å². The number of ether oxygens (including phenoxy) is 2. The van der Waals surface area contributed by atoms with Gasteiger partial charge in [-0.05, 0) is 18.8 Å². The Kier molecular flexibility index (Phi) is 5.78. The molecule has 0 aromatic heterocycles. The van der Waals surface area contributed by atoms with Gasteiger partial charge in [-0.25, -0.2) is 4.79 Å². The summed E-state index contributed by atoms with van der Waals surface area (Å²) in [7, 11) is 1.32. The van der Waals surface area contributed by atoms with Crippen LogP contribution in [0.2, 0.25) is 0 Å². The van der Waals surface area contributed by atoms with Crippen molar-refractivity contribution in [2.75, 3.05) is 7.11 Å². The molecule has 18 heavy (non-hydrogen) atoms. The second-order valence-corrected chi connectivity index (χ2v) is 4.50. The number of aliphatic hydroxyl groups is 2. The first-order valence-corrected chi connectivity index (χ1v) is 6.32. The zero-order valence-electron chi connectivity index (χ0n) is 11.1. The van der Waals surface area contributed by atoms with Gasteiger partial charge in [0.15, 0.2) is 12.2 Å². The number of allylic oxidation sites excluding steroid dienone is 1. The zero-order valence-corrected chi connectivity index (χ0v) is 11.1. The summed E-state index contributed by atoms with van der Waals surface area (Å²) in [5.74, 6) is -0.253. The van der Waals surface area contributed by atoms with Crippen molar-refractivity contribution in [3.63, 3.8) is 0 Å². The molecule has 4 atom stereocenters. The van der Waals surface area contributed by atoms with Gasteiger partial charge in [-0.3, -0.25) is 0 Å². The Morgan fingerprint density at radius 3 is 2.44 bits per heavy atom. The SMILES string of the molecule is CCC(C=C[C@@H](O)C1OC(=O)[C@H](OC)[C@@H]1O)CC. The van der Waals surface area contributed by atoms with Crippen LogP contribution in [-0.2, 0) is 14.3 Å². The van der Waals surface area contributed by atoms with Crippen molar-refractivity contribution >= 4 is 5.97 Å². The zero-order chi connectivity index (χ0) is 13.7. The van der Waals surface area contributed by atoms with Gasteiger partial charge in [0.05, 0.1) is 0 Å². The van der Waals surface area contributed by atoms with Gasteiger partial charge in [-0.15, -0.1) is 0 Å². The Hall–Kier alpha value is -0.910. The van der Waals surface area contributed by atoms with E-state index in [0.29, 0.717) is 5.92 Å². The van der Waals surface area contributed by atoms with Gasteiger partial charge in [0.1, 0.15) is 12.2 Å². The van der Waals surface area contributed by atoms with Gasteiger partial charge >= 0.3 is 5.97 Å². The minimum Gasteiger partial charge on any atom is -0.454 e. The molecule has 0 bridgehead atoms. The highest BCUT2D eigenvalue weighted by molar-refractivity contribution is 5.78. The molecule has 0 amide bonds.